The van der Waals surface area contributed by atoms with Crippen LogP contribution in [0.25, 0.3) is 22.3 Å². The zero-order chi connectivity index (χ0) is 22.9. The largest absolute Gasteiger partial charge is 0.486 e. The maximum Gasteiger partial charge on any atom is 0.254 e. The SMILES string of the molecule is CCOC1CCCN(C(=O)c2cc(-c3ccc4c(c3)OCCO4)nc3c2cnn3C(C)C)C1. The van der Waals surface area contributed by atoms with Gasteiger partial charge in [-0.15, -0.1) is 0 Å². The van der Waals surface area contributed by atoms with E-state index >= 15 is 0 Å². The highest BCUT2D eigenvalue weighted by Crippen LogP contribution is 2.35. The summed E-state index contributed by atoms with van der Waals surface area (Å²) in [4.78, 5) is 20.5. The van der Waals surface area contributed by atoms with Crippen LogP contribution in [0.2, 0.25) is 0 Å². The number of pyridine rings is 1. The summed E-state index contributed by atoms with van der Waals surface area (Å²) in [6, 6.07) is 7.78. The molecule has 1 fully saturated rings. The molecular weight excluding hydrogens is 420 g/mol. The Balaban J connectivity index is 1.59. The lowest BCUT2D eigenvalue weighted by molar-refractivity contribution is 0.00731. The smallest absolute Gasteiger partial charge is 0.254 e. The zero-order valence-electron chi connectivity index (χ0n) is 19.4. The molecule has 5 rings (SSSR count). The molecule has 2 aliphatic rings. The first-order valence-electron chi connectivity index (χ1n) is 11.7. The lowest BCUT2D eigenvalue weighted by Gasteiger charge is -2.32. The molecule has 0 bridgehead atoms. The standard InChI is InChI=1S/C25H30N4O4/c1-4-31-18-6-5-9-28(15-18)25(30)19-13-21(27-24-20(19)14-26-29(24)16(2)3)17-7-8-22-23(12-17)33-11-10-32-22/h7-8,12-14,16,18H,4-6,9-11,15H2,1-3H3. The number of carbonyl (C=O) groups is 1. The summed E-state index contributed by atoms with van der Waals surface area (Å²) in [5, 5.41) is 5.32. The van der Waals surface area contributed by atoms with Crippen molar-refractivity contribution in [3.05, 3.63) is 36.0 Å². The molecule has 33 heavy (non-hydrogen) atoms. The second-order valence-electron chi connectivity index (χ2n) is 8.80. The average Bonchev–Trinajstić information content (AvgIpc) is 3.27. The van der Waals surface area contributed by atoms with Crippen molar-refractivity contribution >= 4 is 16.9 Å². The van der Waals surface area contributed by atoms with Gasteiger partial charge in [0, 0.05) is 31.3 Å². The molecule has 1 amide bonds. The third-order valence-corrected chi connectivity index (χ3v) is 6.19. The minimum Gasteiger partial charge on any atom is -0.486 e. The molecule has 0 spiro atoms. The Labute approximate surface area is 193 Å². The Morgan fingerprint density at radius 3 is 2.82 bits per heavy atom. The van der Waals surface area contributed by atoms with Crippen molar-refractivity contribution in [1.82, 2.24) is 19.7 Å². The molecule has 1 atom stereocenters. The van der Waals surface area contributed by atoms with Gasteiger partial charge in [-0.3, -0.25) is 4.79 Å². The number of piperidine rings is 1. The number of fused-ring (bicyclic) bond motifs is 2. The Morgan fingerprint density at radius 1 is 1.21 bits per heavy atom. The van der Waals surface area contributed by atoms with Crippen molar-refractivity contribution in [2.45, 2.75) is 45.8 Å². The van der Waals surface area contributed by atoms with Crippen LogP contribution in [-0.2, 0) is 4.74 Å². The normalized spacial score (nSPS) is 18.2. The van der Waals surface area contributed by atoms with Gasteiger partial charge in [-0.05, 0) is 57.9 Å². The van der Waals surface area contributed by atoms with E-state index < -0.39 is 0 Å². The van der Waals surface area contributed by atoms with E-state index in [0.29, 0.717) is 49.0 Å². The Morgan fingerprint density at radius 2 is 2.03 bits per heavy atom. The van der Waals surface area contributed by atoms with Gasteiger partial charge in [0.05, 0.1) is 28.9 Å². The minimum atomic E-state index is -0.00565. The predicted octanol–water partition coefficient (Wildman–Crippen LogP) is 4.09. The topological polar surface area (TPSA) is 78.7 Å². The quantitative estimate of drug-likeness (QED) is 0.583. The van der Waals surface area contributed by atoms with Crippen LogP contribution in [0, 0.1) is 0 Å². The number of amides is 1. The van der Waals surface area contributed by atoms with Crippen LogP contribution >= 0.6 is 0 Å². The summed E-state index contributed by atoms with van der Waals surface area (Å²) >= 11 is 0. The van der Waals surface area contributed by atoms with Crippen molar-refractivity contribution in [3.8, 4) is 22.8 Å². The molecule has 174 valence electrons. The van der Waals surface area contributed by atoms with E-state index in [-0.39, 0.29) is 18.1 Å². The maximum absolute atomic E-state index is 13.7. The van der Waals surface area contributed by atoms with Gasteiger partial charge in [0.25, 0.3) is 5.91 Å². The van der Waals surface area contributed by atoms with E-state index in [1.165, 1.54) is 0 Å². The van der Waals surface area contributed by atoms with Gasteiger partial charge >= 0.3 is 0 Å². The first-order chi connectivity index (χ1) is 16.0. The Bertz CT molecular complexity index is 1170. The van der Waals surface area contributed by atoms with Gasteiger partial charge in [0.1, 0.15) is 13.2 Å². The van der Waals surface area contributed by atoms with Crippen molar-refractivity contribution in [2.24, 2.45) is 0 Å². The number of rotatable bonds is 5. The summed E-state index contributed by atoms with van der Waals surface area (Å²) in [6.07, 6.45) is 3.76. The van der Waals surface area contributed by atoms with Crippen LogP contribution in [0.3, 0.4) is 0 Å². The number of benzene rings is 1. The monoisotopic (exact) mass is 450 g/mol. The first kappa shape index (κ1) is 21.7. The molecule has 3 aromatic rings. The van der Waals surface area contributed by atoms with Gasteiger partial charge in [0.2, 0.25) is 0 Å². The number of ether oxygens (including phenoxy) is 3. The molecule has 0 radical (unpaired) electrons. The van der Waals surface area contributed by atoms with Gasteiger partial charge in [-0.2, -0.15) is 5.10 Å². The van der Waals surface area contributed by atoms with Crippen molar-refractivity contribution in [1.29, 1.82) is 0 Å². The first-order valence-corrected chi connectivity index (χ1v) is 11.7. The number of carbonyl (C=O) groups excluding carboxylic acids is 1. The highest BCUT2D eigenvalue weighted by atomic mass is 16.6. The molecule has 0 saturated carbocycles. The number of aromatic nitrogens is 3. The lowest BCUT2D eigenvalue weighted by atomic mass is 10.0. The summed E-state index contributed by atoms with van der Waals surface area (Å²) in [7, 11) is 0. The third kappa shape index (κ3) is 4.15. The van der Waals surface area contributed by atoms with Crippen LogP contribution in [-0.4, -0.2) is 64.6 Å². The van der Waals surface area contributed by atoms with Crippen LogP contribution in [0.4, 0.5) is 0 Å². The number of hydrogen-bond donors (Lipinski definition) is 0. The fourth-order valence-electron chi connectivity index (χ4n) is 4.59. The summed E-state index contributed by atoms with van der Waals surface area (Å²) in [5.74, 6) is 1.42. The van der Waals surface area contributed by atoms with Gasteiger partial charge in [-0.25, -0.2) is 9.67 Å². The number of likely N-dealkylation sites (tertiary alicyclic amines) is 1. The average molecular weight is 451 g/mol. The van der Waals surface area contributed by atoms with Crippen LogP contribution < -0.4 is 9.47 Å². The van der Waals surface area contributed by atoms with E-state index in [2.05, 4.69) is 18.9 Å². The van der Waals surface area contributed by atoms with E-state index in [4.69, 9.17) is 19.2 Å². The minimum absolute atomic E-state index is 0.00565. The van der Waals surface area contributed by atoms with Gasteiger partial charge in [-0.1, -0.05) is 0 Å². The molecule has 1 unspecified atom stereocenters. The molecule has 2 aromatic heterocycles. The molecule has 8 nitrogen and oxygen atoms in total. The van der Waals surface area contributed by atoms with Gasteiger partial charge < -0.3 is 19.1 Å². The van der Waals surface area contributed by atoms with E-state index in [0.717, 1.165) is 36.1 Å². The second kappa shape index (κ2) is 9.02. The van der Waals surface area contributed by atoms with Crippen molar-refractivity contribution in [3.63, 3.8) is 0 Å². The Hall–Kier alpha value is -3.13. The van der Waals surface area contributed by atoms with Crippen LogP contribution in [0.1, 0.15) is 50.0 Å². The van der Waals surface area contributed by atoms with E-state index in [9.17, 15) is 4.79 Å². The summed E-state index contributed by atoms with van der Waals surface area (Å²) < 4.78 is 19.1. The number of hydrogen-bond acceptors (Lipinski definition) is 6. The molecule has 1 aromatic carbocycles. The molecule has 8 heteroatoms. The van der Waals surface area contributed by atoms with Crippen LogP contribution in [0.5, 0.6) is 11.5 Å². The number of nitrogens with zero attached hydrogens (tertiary/aromatic N) is 4. The Kier molecular flexibility index (Phi) is 5.93. The molecule has 0 aliphatic carbocycles. The highest BCUT2D eigenvalue weighted by Gasteiger charge is 2.28. The molecule has 2 aliphatic heterocycles. The predicted molar refractivity (Wildman–Crippen MR) is 125 cm³/mol. The lowest BCUT2D eigenvalue weighted by Crippen LogP contribution is -2.43. The van der Waals surface area contributed by atoms with E-state index in [1.54, 1.807) is 6.20 Å². The zero-order valence-corrected chi connectivity index (χ0v) is 19.4. The highest BCUT2D eigenvalue weighted by molar-refractivity contribution is 6.06. The molecular formula is C25H30N4O4. The second-order valence-corrected chi connectivity index (χ2v) is 8.80. The van der Waals surface area contributed by atoms with Crippen molar-refractivity contribution in [2.75, 3.05) is 32.9 Å². The molecule has 4 heterocycles. The fraction of sp³-hybridized carbons (Fsp3) is 0.480. The maximum atomic E-state index is 13.7. The van der Waals surface area contributed by atoms with Gasteiger partial charge in [0.15, 0.2) is 17.1 Å². The molecule has 1 saturated heterocycles. The summed E-state index contributed by atoms with van der Waals surface area (Å²) in [5.41, 5.74) is 2.91. The molecule has 0 N–H and O–H groups in total. The van der Waals surface area contributed by atoms with E-state index in [1.807, 2.05) is 40.8 Å². The summed E-state index contributed by atoms with van der Waals surface area (Å²) in [6.45, 7) is 9.16. The fourth-order valence-corrected chi connectivity index (χ4v) is 4.59. The van der Waals surface area contributed by atoms with Crippen LogP contribution in [0.15, 0.2) is 30.5 Å². The third-order valence-electron chi connectivity index (χ3n) is 6.19. The van der Waals surface area contributed by atoms with Crippen molar-refractivity contribution < 1.29 is 19.0 Å².